The third kappa shape index (κ3) is 2.78. The zero-order valence-electron chi connectivity index (χ0n) is 13.2. The molecule has 2 heterocycles. The van der Waals surface area contributed by atoms with E-state index in [0.29, 0.717) is 0 Å². The highest BCUT2D eigenvalue weighted by Crippen LogP contribution is 2.40. The average Bonchev–Trinajstić information content (AvgIpc) is 2.98. The van der Waals surface area contributed by atoms with Gasteiger partial charge in [-0.3, -0.25) is 9.59 Å². The number of fused-ring (bicyclic) bond motifs is 2. The van der Waals surface area contributed by atoms with Gasteiger partial charge in [-0.2, -0.15) is 0 Å². The molecule has 4 nitrogen and oxygen atoms in total. The van der Waals surface area contributed by atoms with Gasteiger partial charge in [0.2, 0.25) is 11.8 Å². The Bertz CT molecular complexity index is 680. The summed E-state index contributed by atoms with van der Waals surface area (Å²) in [7, 11) is 3.59. The minimum absolute atomic E-state index is 0.108. The lowest BCUT2D eigenvalue weighted by Gasteiger charge is -2.08. The summed E-state index contributed by atoms with van der Waals surface area (Å²) < 4.78 is 0. The van der Waals surface area contributed by atoms with Gasteiger partial charge in [0.25, 0.3) is 0 Å². The second-order valence-electron chi connectivity index (χ2n) is 5.64. The van der Waals surface area contributed by atoms with Crippen LogP contribution in [0.5, 0.6) is 0 Å². The Morgan fingerprint density at radius 1 is 0.708 bits per heavy atom. The fraction of sp³-hybridized carbons (Fsp3) is 0.222. The first-order valence-electron chi connectivity index (χ1n) is 7.44. The number of anilines is 2. The minimum Gasteiger partial charge on any atom is -0.314 e. The van der Waals surface area contributed by atoms with Crippen LogP contribution < -0.4 is 9.80 Å². The van der Waals surface area contributed by atoms with Crippen LogP contribution in [0.25, 0.3) is 0 Å². The van der Waals surface area contributed by atoms with Gasteiger partial charge in [0.15, 0.2) is 0 Å². The molecule has 2 aliphatic rings. The molecule has 2 aromatic rings. The van der Waals surface area contributed by atoms with Crippen molar-refractivity contribution in [3.8, 4) is 0 Å². The van der Waals surface area contributed by atoms with E-state index >= 15 is 0 Å². The van der Waals surface area contributed by atoms with Crippen molar-refractivity contribution in [2.24, 2.45) is 0 Å². The van der Waals surface area contributed by atoms with Crippen molar-refractivity contribution in [3.05, 3.63) is 59.7 Å². The summed E-state index contributed by atoms with van der Waals surface area (Å²) in [6, 6.07) is 15.6. The zero-order chi connectivity index (χ0) is 17.4. The Hall–Kier alpha value is -1.66. The predicted molar refractivity (Wildman–Crippen MR) is 103 cm³/mol. The Morgan fingerprint density at radius 2 is 1.04 bits per heavy atom. The first-order valence-corrected chi connectivity index (χ1v) is 9.27. The summed E-state index contributed by atoms with van der Waals surface area (Å²) in [5, 5.41) is 0. The van der Waals surface area contributed by atoms with E-state index in [-0.39, 0.29) is 21.5 Å². The molecule has 2 amide bonds. The number of hydrogen-bond donors (Lipinski definition) is 0. The summed E-state index contributed by atoms with van der Waals surface area (Å²) >= 11 is 6.70. The van der Waals surface area contributed by atoms with Gasteiger partial charge in [-0.1, -0.05) is 68.3 Å². The van der Waals surface area contributed by atoms with Gasteiger partial charge < -0.3 is 9.80 Å². The Labute approximate surface area is 157 Å². The van der Waals surface area contributed by atoms with E-state index in [9.17, 15) is 9.59 Å². The molecule has 124 valence electrons. The first kappa shape index (κ1) is 17.2. The molecule has 0 aromatic heterocycles. The fourth-order valence-electron chi connectivity index (χ4n) is 2.86. The molecule has 2 aliphatic heterocycles. The highest BCUT2D eigenvalue weighted by Gasteiger charge is 2.33. The highest BCUT2D eigenvalue weighted by molar-refractivity contribution is 9.09. The topological polar surface area (TPSA) is 40.6 Å². The number of alkyl halides is 2. The zero-order valence-corrected chi connectivity index (χ0v) is 16.4. The van der Waals surface area contributed by atoms with Crippen molar-refractivity contribution in [1.82, 2.24) is 0 Å². The molecule has 0 spiro atoms. The second kappa shape index (κ2) is 6.69. The number of likely N-dealkylation sites (N-methyl/N-ethyl adjacent to an activating group) is 2. The van der Waals surface area contributed by atoms with Crippen LogP contribution in [-0.2, 0) is 9.59 Å². The molecule has 0 bridgehead atoms. The lowest BCUT2D eigenvalue weighted by atomic mass is 10.2. The quantitative estimate of drug-likeness (QED) is 0.563. The molecule has 24 heavy (non-hydrogen) atoms. The molecule has 0 radical (unpaired) electrons. The number of benzene rings is 2. The van der Waals surface area contributed by atoms with Crippen LogP contribution in [0.1, 0.15) is 20.8 Å². The second-order valence-corrected chi connectivity index (χ2v) is 7.47. The Morgan fingerprint density at radius 3 is 1.38 bits per heavy atom. The third-order valence-corrected chi connectivity index (χ3v) is 6.01. The molecule has 2 atom stereocenters. The van der Waals surface area contributed by atoms with Gasteiger partial charge in [-0.05, 0) is 23.3 Å². The maximum absolute atomic E-state index is 11.4. The third-order valence-electron chi connectivity index (χ3n) is 4.24. The van der Waals surface area contributed by atoms with Crippen LogP contribution >= 0.6 is 31.9 Å². The van der Waals surface area contributed by atoms with Crippen molar-refractivity contribution in [2.45, 2.75) is 9.65 Å². The van der Waals surface area contributed by atoms with Gasteiger partial charge in [-0.25, -0.2) is 0 Å². The SMILES string of the molecule is CN1C(=O)[C@@H](Br)c2ccccc21.CN1C(=O)[C@H](Br)c2ccccc21. The minimum atomic E-state index is -0.154. The molecule has 0 unspecified atom stereocenters. The fourth-order valence-corrected chi connectivity index (χ4v) is 4.25. The Kier molecular flexibility index (Phi) is 4.78. The number of amides is 2. The maximum atomic E-state index is 11.4. The molecule has 0 fully saturated rings. The molecule has 6 heteroatoms. The number of nitrogens with zero attached hydrogens (tertiary/aromatic N) is 2. The van der Waals surface area contributed by atoms with Crippen LogP contribution in [0.15, 0.2) is 48.5 Å². The van der Waals surface area contributed by atoms with Crippen LogP contribution in [0, 0.1) is 0 Å². The van der Waals surface area contributed by atoms with Crippen molar-refractivity contribution in [1.29, 1.82) is 0 Å². The van der Waals surface area contributed by atoms with E-state index in [0.717, 1.165) is 22.5 Å². The van der Waals surface area contributed by atoms with Crippen molar-refractivity contribution < 1.29 is 9.59 Å². The monoisotopic (exact) mass is 450 g/mol. The van der Waals surface area contributed by atoms with E-state index in [1.807, 2.05) is 48.5 Å². The normalized spacial score (nSPS) is 21.3. The average molecular weight is 452 g/mol. The predicted octanol–water partition coefficient (Wildman–Crippen LogP) is 4.20. The summed E-state index contributed by atoms with van der Waals surface area (Å²) in [6.07, 6.45) is 0. The van der Waals surface area contributed by atoms with Crippen LogP contribution in [0.4, 0.5) is 11.4 Å². The van der Waals surface area contributed by atoms with Crippen LogP contribution in [0.3, 0.4) is 0 Å². The molecule has 2 aromatic carbocycles. The molecule has 0 saturated carbocycles. The lowest BCUT2D eigenvalue weighted by Crippen LogP contribution is -2.21. The molecule has 0 saturated heterocycles. The summed E-state index contributed by atoms with van der Waals surface area (Å²) in [5.41, 5.74) is 4.13. The van der Waals surface area contributed by atoms with Crippen LogP contribution in [0.2, 0.25) is 0 Å². The van der Waals surface area contributed by atoms with Gasteiger partial charge in [0.1, 0.15) is 9.65 Å². The maximum Gasteiger partial charge on any atom is 0.245 e. The number of hydrogen-bond acceptors (Lipinski definition) is 2. The van der Waals surface area contributed by atoms with Gasteiger partial charge in [-0.15, -0.1) is 0 Å². The molecular formula is C18H16Br2N2O2. The number of halogens is 2. The number of carbonyl (C=O) groups is 2. The Balaban J connectivity index is 0.000000141. The summed E-state index contributed by atoms with van der Waals surface area (Å²) in [6.45, 7) is 0. The summed E-state index contributed by atoms with van der Waals surface area (Å²) in [5.74, 6) is 0.215. The van der Waals surface area contributed by atoms with Crippen molar-refractivity contribution >= 4 is 55.0 Å². The molecular weight excluding hydrogens is 436 g/mol. The van der Waals surface area contributed by atoms with Gasteiger partial charge in [0.05, 0.1) is 0 Å². The summed E-state index contributed by atoms with van der Waals surface area (Å²) in [4.78, 5) is 25.9. The van der Waals surface area contributed by atoms with Gasteiger partial charge >= 0.3 is 0 Å². The van der Waals surface area contributed by atoms with Crippen molar-refractivity contribution in [2.75, 3.05) is 23.9 Å². The molecule has 0 aliphatic carbocycles. The van der Waals surface area contributed by atoms with E-state index in [2.05, 4.69) is 31.9 Å². The smallest absolute Gasteiger partial charge is 0.245 e. The van der Waals surface area contributed by atoms with Crippen LogP contribution in [-0.4, -0.2) is 25.9 Å². The highest BCUT2D eigenvalue weighted by atomic mass is 79.9. The number of rotatable bonds is 0. The standard InChI is InChI=1S/2C9H8BrNO/c2*1-11-7-5-3-2-4-6(7)8(10)9(11)12/h2*2-5,8H,1H3/t2*8-/m10/s1. The van der Waals surface area contributed by atoms with E-state index < -0.39 is 0 Å². The molecule has 0 N–H and O–H groups in total. The number of para-hydroxylation sites is 2. The van der Waals surface area contributed by atoms with Gasteiger partial charge in [0, 0.05) is 25.5 Å². The van der Waals surface area contributed by atoms with E-state index in [4.69, 9.17) is 0 Å². The van der Waals surface area contributed by atoms with Crippen molar-refractivity contribution in [3.63, 3.8) is 0 Å². The first-order chi connectivity index (χ1) is 11.4. The van der Waals surface area contributed by atoms with E-state index in [1.165, 1.54) is 0 Å². The number of carbonyl (C=O) groups excluding carboxylic acids is 2. The largest absolute Gasteiger partial charge is 0.314 e. The molecule has 4 rings (SSSR count). The lowest BCUT2D eigenvalue weighted by molar-refractivity contribution is -0.117. The van der Waals surface area contributed by atoms with E-state index in [1.54, 1.807) is 23.9 Å².